The van der Waals surface area contributed by atoms with Gasteiger partial charge in [0.1, 0.15) is 5.75 Å². The van der Waals surface area contributed by atoms with Gasteiger partial charge in [-0.3, -0.25) is 4.79 Å². The van der Waals surface area contributed by atoms with Crippen LogP contribution in [0.3, 0.4) is 0 Å². The molecule has 1 saturated carbocycles. The molecule has 2 N–H and O–H groups in total. The highest BCUT2D eigenvalue weighted by atomic mass is 16.5. The lowest BCUT2D eigenvalue weighted by molar-refractivity contribution is 0.0757. The van der Waals surface area contributed by atoms with Crippen LogP contribution in [0.5, 0.6) is 5.75 Å². The monoisotopic (exact) mass is 276 g/mol. The van der Waals surface area contributed by atoms with Gasteiger partial charge in [0.15, 0.2) is 0 Å². The third-order valence-electron chi connectivity index (χ3n) is 4.06. The fourth-order valence-electron chi connectivity index (χ4n) is 2.94. The summed E-state index contributed by atoms with van der Waals surface area (Å²) >= 11 is 0. The van der Waals surface area contributed by atoms with Crippen LogP contribution in [0.15, 0.2) is 18.2 Å². The summed E-state index contributed by atoms with van der Waals surface area (Å²) in [5.41, 5.74) is 6.91. The molecule has 0 heterocycles. The van der Waals surface area contributed by atoms with Crippen molar-refractivity contribution in [3.05, 3.63) is 23.8 Å². The van der Waals surface area contributed by atoms with Crippen molar-refractivity contribution in [1.82, 2.24) is 4.90 Å². The number of carbonyl (C=O) groups is 1. The molecule has 0 bridgehead atoms. The van der Waals surface area contributed by atoms with E-state index in [1.807, 2.05) is 7.05 Å². The van der Waals surface area contributed by atoms with E-state index in [2.05, 4.69) is 0 Å². The van der Waals surface area contributed by atoms with Gasteiger partial charge in [0.05, 0.1) is 12.7 Å². The molecule has 0 atom stereocenters. The van der Waals surface area contributed by atoms with Gasteiger partial charge in [-0.15, -0.1) is 0 Å². The van der Waals surface area contributed by atoms with Crippen LogP contribution in [0.25, 0.3) is 0 Å². The second kappa shape index (κ2) is 6.64. The van der Waals surface area contributed by atoms with Gasteiger partial charge in [-0.25, -0.2) is 0 Å². The predicted molar refractivity (Wildman–Crippen MR) is 80.9 cm³/mol. The number of rotatable bonds is 4. The summed E-state index contributed by atoms with van der Waals surface area (Å²) in [5.74, 6) is 1.20. The van der Waals surface area contributed by atoms with Gasteiger partial charge in [0, 0.05) is 19.3 Å². The summed E-state index contributed by atoms with van der Waals surface area (Å²) in [6.45, 7) is 0.816. The first-order valence-corrected chi connectivity index (χ1v) is 7.30. The quantitative estimate of drug-likeness (QED) is 0.860. The summed E-state index contributed by atoms with van der Waals surface area (Å²) in [6.07, 6.45) is 6.36. The van der Waals surface area contributed by atoms with Crippen molar-refractivity contribution in [3.8, 4) is 5.75 Å². The van der Waals surface area contributed by atoms with E-state index in [1.165, 1.54) is 32.1 Å². The van der Waals surface area contributed by atoms with E-state index in [1.54, 1.807) is 30.2 Å². The van der Waals surface area contributed by atoms with Crippen LogP contribution in [0, 0.1) is 5.92 Å². The minimum atomic E-state index is -0.0141. The number of anilines is 1. The van der Waals surface area contributed by atoms with E-state index < -0.39 is 0 Å². The first kappa shape index (κ1) is 14.7. The summed E-state index contributed by atoms with van der Waals surface area (Å²) < 4.78 is 5.26. The molecule has 1 fully saturated rings. The molecule has 1 aliphatic carbocycles. The number of methoxy groups -OCH3 is 1. The Morgan fingerprint density at radius 3 is 2.70 bits per heavy atom. The molecule has 0 spiro atoms. The molecule has 20 heavy (non-hydrogen) atoms. The van der Waals surface area contributed by atoms with Crippen LogP contribution in [-0.4, -0.2) is 31.5 Å². The maximum atomic E-state index is 12.5. The van der Waals surface area contributed by atoms with Crippen molar-refractivity contribution in [2.75, 3.05) is 26.4 Å². The third-order valence-corrected chi connectivity index (χ3v) is 4.06. The van der Waals surface area contributed by atoms with Crippen molar-refractivity contribution in [2.24, 2.45) is 5.92 Å². The number of carbonyl (C=O) groups excluding carboxylic acids is 1. The zero-order chi connectivity index (χ0) is 14.5. The molecule has 0 saturated heterocycles. The zero-order valence-electron chi connectivity index (χ0n) is 12.4. The number of benzene rings is 1. The minimum absolute atomic E-state index is 0.0141. The molecular formula is C16H24N2O2. The van der Waals surface area contributed by atoms with Crippen molar-refractivity contribution in [2.45, 2.75) is 32.1 Å². The maximum absolute atomic E-state index is 12.5. The summed E-state index contributed by atoms with van der Waals surface area (Å²) in [6, 6.07) is 5.19. The fourth-order valence-corrected chi connectivity index (χ4v) is 2.94. The SMILES string of the molecule is COc1ccc(N)cc1C(=O)N(C)CC1CCCCC1. The molecule has 0 aromatic heterocycles. The van der Waals surface area contributed by atoms with E-state index in [-0.39, 0.29) is 5.91 Å². The van der Waals surface area contributed by atoms with Gasteiger partial charge >= 0.3 is 0 Å². The van der Waals surface area contributed by atoms with E-state index in [9.17, 15) is 4.79 Å². The fraction of sp³-hybridized carbons (Fsp3) is 0.562. The first-order valence-electron chi connectivity index (χ1n) is 7.30. The Labute approximate surface area is 120 Å². The van der Waals surface area contributed by atoms with Gasteiger partial charge in [-0.05, 0) is 37.0 Å². The van der Waals surface area contributed by atoms with E-state index >= 15 is 0 Å². The summed E-state index contributed by atoms with van der Waals surface area (Å²) in [5, 5.41) is 0. The standard InChI is InChI=1S/C16H24N2O2/c1-18(11-12-6-4-3-5-7-12)16(19)14-10-13(17)8-9-15(14)20-2/h8-10,12H,3-7,11,17H2,1-2H3. The third kappa shape index (κ3) is 3.44. The Balaban J connectivity index is 2.07. The van der Waals surface area contributed by atoms with Crippen LogP contribution in [0.1, 0.15) is 42.5 Å². The first-order chi connectivity index (χ1) is 9.61. The topological polar surface area (TPSA) is 55.6 Å². The van der Waals surface area contributed by atoms with Gasteiger partial charge in [-0.2, -0.15) is 0 Å². The molecule has 4 heteroatoms. The second-order valence-corrected chi connectivity index (χ2v) is 5.65. The van der Waals surface area contributed by atoms with Crippen LogP contribution in [0.2, 0.25) is 0 Å². The zero-order valence-corrected chi connectivity index (χ0v) is 12.4. The molecule has 0 radical (unpaired) electrons. The molecule has 2 rings (SSSR count). The number of hydrogen-bond acceptors (Lipinski definition) is 3. The van der Waals surface area contributed by atoms with Crippen LogP contribution in [0.4, 0.5) is 5.69 Å². The van der Waals surface area contributed by atoms with Gasteiger partial charge < -0.3 is 15.4 Å². The molecule has 1 aromatic carbocycles. The molecule has 0 aliphatic heterocycles. The van der Waals surface area contributed by atoms with Crippen LogP contribution in [-0.2, 0) is 0 Å². The number of nitrogens with two attached hydrogens (primary N) is 1. The van der Waals surface area contributed by atoms with Gasteiger partial charge in [0.2, 0.25) is 0 Å². The predicted octanol–water partition coefficient (Wildman–Crippen LogP) is 2.93. The maximum Gasteiger partial charge on any atom is 0.257 e. The lowest BCUT2D eigenvalue weighted by Gasteiger charge is -2.27. The van der Waals surface area contributed by atoms with E-state index in [0.717, 1.165) is 6.54 Å². The Morgan fingerprint density at radius 1 is 1.35 bits per heavy atom. The molecule has 4 nitrogen and oxygen atoms in total. The van der Waals surface area contributed by atoms with Gasteiger partial charge in [-0.1, -0.05) is 19.3 Å². The molecular weight excluding hydrogens is 252 g/mol. The van der Waals surface area contributed by atoms with Crippen LogP contribution >= 0.6 is 0 Å². The molecule has 1 aromatic rings. The highest BCUT2D eigenvalue weighted by Crippen LogP contribution is 2.26. The summed E-state index contributed by atoms with van der Waals surface area (Å²) in [4.78, 5) is 14.3. The van der Waals surface area contributed by atoms with Crippen LogP contribution < -0.4 is 10.5 Å². The number of hydrogen-bond donors (Lipinski definition) is 1. The van der Waals surface area contributed by atoms with Crippen molar-refractivity contribution in [1.29, 1.82) is 0 Å². The largest absolute Gasteiger partial charge is 0.496 e. The number of nitrogens with zero attached hydrogens (tertiary/aromatic N) is 1. The lowest BCUT2D eigenvalue weighted by atomic mass is 9.89. The van der Waals surface area contributed by atoms with Crippen molar-refractivity contribution < 1.29 is 9.53 Å². The normalized spacial score (nSPS) is 15.9. The second-order valence-electron chi connectivity index (χ2n) is 5.65. The molecule has 110 valence electrons. The Kier molecular flexibility index (Phi) is 4.88. The van der Waals surface area contributed by atoms with Crippen molar-refractivity contribution in [3.63, 3.8) is 0 Å². The minimum Gasteiger partial charge on any atom is -0.496 e. The van der Waals surface area contributed by atoms with E-state index in [4.69, 9.17) is 10.5 Å². The lowest BCUT2D eigenvalue weighted by Crippen LogP contribution is -2.32. The highest BCUT2D eigenvalue weighted by Gasteiger charge is 2.21. The average Bonchev–Trinajstić information content (AvgIpc) is 2.47. The number of nitrogen functional groups attached to an aromatic ring is 1. The van der Waals surface area contributed by atoms with E-state index in [0.29, 0.717) is 22.9 Å². The molecule has 1 aliphatic rings. The average molecular weight is 276 g/mol. The summed E-state index contributed by atoms with van der Waals surface area (Å²) in [7, 11) is 3.43. The highest BCUT2D eigenvalue weighted by molar-refractivity contribution is 5.97. The number of amides is 1. The van der Waals surface area contributed by atoms with Crippen molar-refractivity contribution >= 4 is 11.6 Å². The Bertz CT molecular complexity index is 468. The molecule has 0 unspecified atom stereocenters. The Morgan fingerprint density at radius 2 is 2.05 bits per heavy atom. The van der Waals surface area contributed by atoms with Gasteiger partial charge in [0.25, 0.3) is 5.91 Å². The number of ether oxygens (including phenoxy) is 1. The molecule has 1 amide bonds. The smallest absolute Gasteiger partial charge is 0.257 e. The Hall–Kier alpha value is -1.71.